The van der Waals surface area contributed by atoms with Gasteiger partial charge in [-0.25, -0.2) is 0 Å². The molecule has 0 saturated heterocycles. The fourth-order valence-electron chi connectivity index (χ4n) is 1.63. The maximum atomic E-state index is 12.0. The van der Waals surface area contributed by atoms with Crippen LogP contribution in [-0.4, -0.2) is 37.3 Å². The van der Waals surface area contributed by atoms with E-state index in [9.17, 15) is 18.0 Å². The molecule has 4 nitrogen and oxygen atoms in total. The zero-order chi connectivity index (χ0) is 16.0. The number of nitrogens with zero attached hydrogens (tertiary/aromatic N) is 1. The Morgan fingerprint density at radius 2 is 1.90 bits per heavy atom. The molecule has 118 valence electrons. The van der Waals surface area contributed by atoms with Gasteiger partial charge < -0.3 is 15.0 Å². The maximum Gasteiger partial charge on any atom is 0.573 e. The molecule has 0 radical (unpaired) electrons. The lowest BCUT2D eigenvalue weighted by atomic mass is 10.1. The first-order valence-electron chi connectivity index (χ1n) is 6.56. The van der Waals surface area contributed by atoms with Crippen LogP contribution >= 0.6 is 0 Å². The van der Waals surface area contributed by atoms with E-state index < -0.39 is 6.36 Å². The summed E-state index contributed by atoms with van der Waals surface area (Å²) in [6.07, 6.45) is -4.69. The topological polar surface area (TPSA) is 41.6 Å². The van der Waals surface area contributed by atoms with Crippen molar-refractivity contribution in [1.29, 1.82) is 0 Å². The van der Waals surface area contributed by atoms with E-state index >= 15 is 0 Å². The Hall–Kier alpha value is -1.76. The number of amides is 1. The van der Waals surface area contributed by atoms with Gasteiger partial charge in [-0.15, -0.1) is 13.2 Å². The summed E-state index contributed by atoms with van der Waals surface area (Å²) in [6.45, 7) is 4.50. The summed E-state index contributed by atoms with van der Waals surface area (Å²) in [5.74, 6) is -0.304. The number of alkyl halides is 3. The van der Waals surface area contributed by atoms with Crippen molar-refractivity contribution in [2.24, 2.45) is 0 Å². The fraction of sp³-hybridized carbons (Fsp3) is 0.500. The number of halogens is 3. The van der Waals surface area contributed by atoms with Crippen LogP contribution < -0.4 is 10.1 Å². The normalized spacial score (nSPS) is 12.9. The number of likely N-dealkylation sites (N-methyl/N-ethyl adjacent to an activating group) is 1. The van der Waals surface area contributed by atoms with Crippen LogP contribution in [0.15, 0.2) is 24.3 Å². The first-order chi connectivity index (χ1) is 9.73. The molecule has 0 heterocycles. The molecule has 0 spiro atoms. The van der Waals surface area contributed by atoms with Gasteiger partial charge in [0.05, 0.1) is 6.54 Å². The number of hydrogen-bond donors (Lipinski definition) is 1. The van der Waals surface area contributed by atoms with Gasteiger partial charge in [0, 0.05) is 19.6 Å². The van der Waals surface area contributed by atoms with Gasteiger partial charge in [0.1, 0.15) is 5.75 Å². The Balaban J connectivity index is 2.55. The van der Waals surface area contributed by atoms with Crippen molar-refractivity contribution in [2.45, 2.75) is 26.3 Å². The molecule has 0 fully saturated rings. The zero-order valence-electron chi connectivity index (χ0n) is 12.2. The summed E-state index contributed by atoms with van der Waals surface area (Å²) in [5, 5.41) is 3.03. The predicted molar refractivity (Wildman–Crippen MR) is 72.9 cm³/mol. The van der Waals surface area contributed by atoms with Crippen molar-refractivity contribution < 1.29 is 22.7 Å². The molecular formula is C14H19F3N2O2. The molecule has 1 amide bonds. The number of carbonyl (C=O) groups excluding carboxylic acids is 1. The molecule has 0 aliphatic heterocycles. The van der Waals surface area contributed by atoms with Crippen LogP contribution in [0.4, 0.5) is 13.2 Å². The second kappa shape index (κ2) is 7.31. The minimum atomic E-state index is -4.69. The van der Waals surface area contributed by atoms with Crippen LogP contribution in [0, 0.1) is 0 Å². The highest BCUT2D eigenvalue weighted by Gasteiger charge is 2.31. The monoisotopic (exact) mass is 304 g/mol. The molecule has 1 aromatic carbocycles. The molecule has 21 heavy (non-hydrogen) atoms. The Kier molecular flexibility index (Phi) is 6.02. The molecule has 1 rings (SSSR count). The van der Waals surface area contributed by atoms with Crippen LogP contribution in [0.1, 0.15) is 25.5 Å². The summed E-state index contributed by atoms with van der Waals surface area (Å²) in [6, 6.07) is 5.42. The van der Waals surface area contributed by atoms with Gasteiger partial charge in [-0.1, -0.05) is 12.1 Å². The van der Waals surface area contributed by atoms with Gasteiger partial charge in [-0.2, -0.15) is 0 Å². The quantitative estimate of drug-likeness (QED) is 0.878. The first-order valence-corrected chi connectivity index (χ1v) is 6.56. The minimum absolute atomic E-state index is 0.0404. The summed E-state index contributed by atoms with van der Waals surface area (Å²) < 4.78 is 39.9. The number of carbonyl (C=O) groups is 1. The second-order valence-corrected chi connectivity index (χ2v) is 4.63. The van der Waals surface area contributed by atoms with Crippen molar-refractivity contribution in [3.63, 3.8) is 0 Å². The van der Waals surface area contributed by atoms with E-state index in [-0.39, 0.29) is 24.2 Å². The van der Waals surface area contributed by atoms with Crippen LogP contribution in [0.3, 0.4) is 0 Å². The number of benzene rings is 1. The van der Waals surface area contributed by atoms with Gasteiger partial charge in [-0.05, 0) is 31.5 Å². The van der Waals surface area contributed by atoms with E-state index in [0.717, 1.165) is 5.56 Å². The highest BCUT2D eigenvalue weighted by molar-refractivity contribution is 5.77. The van der Waals surface area contributed by atoms with E-state index in [0.29, 0.717) is 6.54 Å². The molecule has 7 heteroatoms. The lowest BCUT2D eigenvalue weighted by Crippen LogP contribution is -2.36. The summed E-state index contributed by atoms with van der Waals surface area (Å²) in [5.41, 5.74) is 0.775. The van der Waals surface area contributed by atoms with E-state index in [1.165, 1.54) is 24.3 Å². The number of nitrogens with one attached hydrogen (secondary N) is 1. The Labute approximate surface area is 121 Å². The first kappa shape index (κ1) is 17.3. The number of rotatable bonds is 6. The lowest BCUT2D eigenvalue weighted by molar-refractivity contribution is -0.274. The van der Waals surface area contributed by atoms with Crippen LogP contribution in [0.5, 0.6) is 5.75 Å². The third-order valence-electron chi connectivity index (χ3n) is 3.07. The van der Waals surface area contributed by atoms with E-state index in [1.54, 1.807) is 11.9 Å². The average molecular weight is 304 g/mol. The summed E-state index contributed by atoms with van der Waals surface area (Å²) in [4.78, 5) is 13.2. The van der Waals surface area contributed by atoms with Crippen molar-refractivity contribution in [3.05, 3.63) is 29.8 Å². The van der Waals surface area contributed by atoms with Gasteiger partial charge in [0.2, 0.25) is 5.91 Å². The molecule has 1 unspecified atom stereocenters. The molecular weight excluding hydrogens is 285 g/mol. The van der Waals surface area contributed by atoms with Crippen LogP contribution in [-0.2, 0) is 4.79 Å². The predicted octanol–water partition coefficient (Wildman–Crippen LogP) is 2.71. The third kappa shape index (κ3) is 6.03. The van der Waals surface area contributed by atoms with Crippen molar-refractivity contribution >= 4 is 5.91 Å². The molecule has 1 aromatic rings. The van der Waals surface area contributed by atoms with Crippen molar-refractivity contribution in [1.82, 2.24) is 10.2 Å². The standard InChI is InChI=1S/C14H19F3N2O2/c1-4-19(3)13(20)9-18-10(2)11-5-7-12(8-6-11)21-14(15,16)17/h5-8,10,18H,4,9H2,1-3H3. The van der Waals surface area contributed by atoms with Gasteiger partial charge in [0.25, 0.3) is 0 Å². The summed E-state index contributed by atoms with van der Waals surface area (Å²) >= 11 is 0. The zero-order valence-corrected chi connectivity index (χ0v) is 12.2. The molecule has 0 bridgehead atoms. The van der Waals surface area contributed by atoms with E-state index in [2.05, 4.69) is 10.1 Å². The average Bonchev–Trinajstić information content (AvgIpc) is 2.42. The molecule has 0 aliphatic carbocycles. The van der Waals surface area contributed by atoms with Gasteiger partial charge in [-0.3, -0.25) is 4.79 Å². The Morgan fingerprint density at radius 3 is 2.38 bits per heavy atom. The SMILES string of the molecule is CCN(C)C(=O)CNC(C)c1ccc(OC(F)(F)F)cc1. The fourth-order valence-corrected chi connectivity index (χ4v) is 1.63. The van der Waals surface area contributed by atoms with Crippen LogP contribution in [0.2, 0.25) is 0 Å². The maximum absolute atomic E-state index is 12.0. The van der Waals surface area contributed by atoms with Gasteiger partial charge in [0.15, 0.2) is 0 Å². The van der Waals surface area contributed by atoms with E-state index in [1.807, 2.05) is 13.8 Å². The second-order valence-electron chi connectivity index (χ2n) is 4.63. The number of hydrogen-bond acceptors (Lipinski definition) is 3. The molecule has 1 atom stereocenters. The van der Waals surface area contributed by atoms with Crippen molar-refractivity contribution in [3.8, 4) is 5.75 Å². The largest absolute Gasteiger partial charge is 0.573 e. The van der Waals surface area contributed by atoms with E-state index in [4.69, 9.17) is 0 Å². The van der Waals surface area contributed by atoms with Gasteiger partial charge >= 0.3 is 6.36 Å². The molecule has 1 N–H and O–H groups in total. The Morgan fingerprint density at radius 1 is 1.33 bits per heavy atom. The van der Waals surface area contributed by atoms with Crippen molar-refractivity contribution in [2.75, 3.05) is 20.1 Å². The molecule has 0 aliphatic rings. The third-order valence-corrected chi connectivity index (χ3v) is 3.07. The van der Waals surface area contributed by atoms with Crippen LogP contribution in [0.25, 0.3) is 0 Å². The smallest absolute Gasteiger partial charge is 0.406 e. The lowest BCUT2D eigenvalue weighted by Gasteiger charge is -2.18. The number of ether oxygens (including phenoxy) is 1. The minimum Gasteiger partial charge on any atom is -0.406 e. The molecule has 0 aromatic heterocycles. The highest BCUT2D eigenvalue weighted by atomic mass is 19.4. The summed E-state index contributed by atoms with van der Waals surface area (Å²) in [7, 11) is 1.71. The Bertz CT molecular complexity index is 460. The molecule has 0 saturated carbocycles. The highest BCUT2D eigenvalue weighted by Crippen LogP contribution is 2.24.